The first-order valence-electron chi connectivity index (χ1n) is 6.56. The maximum absolute atomic E-state index is 5.70. The van der Waals surface area contributed by atoms with Crippen molar-refractivity contribution in [2.75, 3.05) is 5.73 Å². The summed E-state index contributed by atoms with van der Waals surface area (Å²) in [5.74, 6) is 0.322. The average Bonchev–Trinajstić information content (AvgIpc) is 2.83. The molecule has 3 rings (SSSR count). The Bertz CT molecular complexity index is 755. The fraction of sp³-hybridized carbons (Fsp3) is 0.333. The molecule has 0 amide bonds. The molecule has 2 heterocycles. The lowest BCUT2D eigenvalue weighted by Crippen LogP contribution is -2.23. The highest BCUT2D eigenvalue weighted by atomic mass is 15.0. The third kappa shape index (κ3) is 1.75. The van der Waals surface area contributed by atoms with Gasteiger partial charge in [-0.15, -0.1) is 0 Å². The van der Waals surface area contributed by atoms with Crippen molar-refractivity contribution in [3.05, 3.63) is 30.6 Å². The van der Waals surface area contributed by atoms with Gasteiger partial charge in [-0.25, -0.2) is 9.97 Å². The van der Waals surface area contributed by atoms with Crippen LogP contribution in [0.25, 0.3) is 21.8 Å². The normalized spacial score (nSPS) is 12.4. The molecule has 1 aromatic carbocycles. The number of anilines is 1. The highest BCUT2D eigenvalue weighted by Crippen LogP contribution is 2.30. The Hall–Kier alpha value is -2.10. The molecule has 0 aliphatic rings. The molecular formula is C15H18N4. The summed E-state index contributed by atoms with van der Waals surface area (Å²) in [6.07, 6.45) is 4.98. The molecule has 2 N–H and O–H groups in total. The van der Waals surface area contributed by atoms with Crippen molar-refractivity contribution in [1.29, 1.82) is 0 Å². The van der Waals surface area contributed by atoms with Crippen LogP contribution >= 0.6 is 0 Å². The van der Waals surface area contributed by atoms with E-state index in [1.165, 1.54) is 5.52 Å². The molecule has 0 radical (unpaired) electrons. The van der Waals surface area contributed by atoms with Crippen LogP contribution in [0.15, 0.2) is 30.6 Å². The minimum atomic E-state index is 0.0913. The van der Waals surface area contributed by atoms with Crippen LogP contribution in [-0.2, 0) is 5.54 Å². The summed E-state index contributed by atoms with van der Waals surface area (Å²) in [6.45, 7) is 6.68. The highest BCUT2D eigenvalue weighted by molar-refractivity contribution is 6.04. The van der Waals surface area contributed by atoms with Crippen molar-refractivity contribution in [2.45, 2.75) is 32.7 Å². The zero-order valence-electron chi connectivity index (χ0n) is 11.5. The number of fused-ring (bicyclic) bond motifs is 3. The fourth-order valence-electron chi connectivity index (χ4n) is 2.42. The Morgan fingerprint density at radius 1 is 1.26 bits per heavy atom. The van der Waals surface area contributed by atoms with E-state index in [-0.39, 0.29) is 5.54 Å². The molecule has 4 heteroatoms. The van der Waals surface area contributed by atoms with Crippen molar-refractivity contribution >= 4 is 27.8 Å². The van der Waals surface area contributed by atoms with Crippen LogP contribution in [0.3, 0.4) is 0 Å². The van der Waals surface area contributed by atoms with E-state index in [2.05, 4.69) is 59.7 Å². The van der Waals surface area contributed by atoms with Gasteiger partial charge in [-0.3, -0.25) is 0 Å². The van der Waals surface area contributed by atoms with Gasteiger partial charge >= 0.3 is 0 Å². The number of nitrogens with two attached hydrogens (primary N) is 1. The van der Waals surface area contributed by atoms with Crippen LogP contribution in [0.1, 0.15) is 27.2 Å². The van der Waals surface area contributed by atoms with Crippen molar-refractivity contribution in [1.82, 2.24) is 14.5 Å². The molecule has 4 nitrogen and oxygen atoms in total. The minimum absolute atomic E-state index is 0.0913. The summed E-state index contributed by atoms with van der Waals surface area (Å²) in [6, 6.07) is 6.30. The van der Waals surface area contributed by atoms with Gasteiger partial charge < -0.3 is 10.3 Å². The maximum Gasteiger partial charge on any atom is 0.220 e. The molecule has 0 spiro atoms. The Labute approximate surface area is 112 Å². The number of aromatic nitrogens is 3. The molecule has 3 aromatic rings. The van der Waals surface area contributed by atoms with E-state index < -0.39 is 0 Å². The van der Waals surface area contributed by atoms with Crippen LogP contribution in [0.4, 0.5) is 5.95 Å². The molecule has 19 heavy (non-hydrogen) atoms. The first-order chi connectivity index (χ1) is 9.03. The average molecular weight is 254 g/mol. The van der Waals surface area contributed by atoms with E-state index in [9.17, 15) is 0 Å². The lowest BCUT2D eigenvalue weighted by Gasteiger charge is -2.26. The Morgan fingerprint density at radius 2 is 2.05 bits per heavy atom. The van der Waals surface area contributed by atoms with Gasteiger partial charge in [0, 0.05) is 28.7 Å². The van der Waals surface area contributed by atoms with Crippen LogP contribution < -0.4 is 5.73 Å². The first-order valence-corrected chi connectivity index (χ1v) is 6.56. The minimum Gasteiger partial charge on any atom is -0.368 e. The van der Waals surface area contributed by atoms with Gasteiger partial charge in [0.05, 0.1) is 11.0 Å². The number of hydrogen-bond acceptors (Lipinski definition) is 3. The smallest absolute Gasteiger partial charge is 0.220 e. The number of benzene rings is 1. The molecule has 0 fully saturated rings. The summed E-state index contributed by atoms with van der Waals surface area (Å²) < 4.78 is 2.31. The second-order valence-electron chi connectivity index (χ2n) is 5.52. The first kappa shape index (κ1) is 12.0. The van der Waals surface area contributed by atoms with Crippen molar-refractivity contribution in [3.63, 3.8) is 0 Å². The summed E-state index contributed by atoms with van der Waals surface area (Å²) >= 11 is 0. The van der Waals surface area contributed by atoms with Crippen LogP contribution in [0, 0.1) is 0 Å². The number of nitrogen functional groups attached to an aromatic ring is 1. The molecule has 0 atom stereocenters. The summed E-state index contributed by atoms with van der Waals surface area (Å²) in [5.41, 5.74) is 7.91. The summed E-state index contributed by atoms with van der Waals surface area (Å²) in [7, 11) is 0. The van der Waals surface area contributed by atoms with Crippen molar-refractivity contribution in [3.8, 4) is 0 Å². The van der Waals surface area contributed by atoms with Gasteiger partial charge in [0.1, 0.15) is 0 Å². The molecule has 0 bridgehead atoms. The number of rotatable bonds is 2. The largest absolute Gasteiger partial charge is 0.368 e. The van der Waals surface area contributed by atoms with E-state index in [0.717, 1.165) is 22.7 Å². The quantitative estimate of drug-likeness (QED) is 0.763. The molecule has 98 valence electrons. The molecule has 0 aliphatic carbocycles. The predicted molar refractivity (Wildman–Crippen MR) is 79.1 cm³/mol. The summed E-state index contributed by atoms with van der Waals surface area (Å²) in [5, 5.41) is 2.15. The Morgan fingerprint density at radius 3 is 2.79 bits per heavy atom. The highest BCUT2D eigenvalue weighted by Gasteiger charge is 2.19. The third-order valence-corrected chi connectivity index (χ3v) is 3.95. The fourth-order valence-corrected chi connectivity index (χ4v) is 2.42. The monoisotopic (exact) mass is 254 g/mol. The number of nitrogens with zero attached hydrogens (tertiary/aromatic N) is 3. The maximum atomic E-state index is 5.70. The van der Waals surface area contributed by atoms with Gasteiger partial charge in [0.2, 0.25) is 5.95 Å². The van der Waals surface area contributed by atoms with E-state index >= 15 is 0 Å². The second kappa shape index (κ2) is 3.95. The van der Waals surface area contributed by atoms with E-state index in [1.54, 1.807) is 6.20 Å². The van der Waals surface area contributed by atoms with Crippen LogP contribution in [-0.4, -0.2) is 14.5 Å². The molecular weight excluding hydrogens is 236 g/mol. The SMILES string of the molecule is CCC(C)(C)n1ccc2c3nc(N)ncc3ccc21. The number of hydrogen-bond donors (Lipinski definition) is 1. The lowest BCUT2D eigenvalue weighted by atomic mass is 10.0. The molecule has 0 unspecified atom stereocenters. The van der Waals surface area contributed by atoms with E-state index in [0.29, 0.717) is 5.95 Å². The Balaban J connectivity index is 2.37. The standard InChI is InChI=1S/C15H18N4/c1-4-15(2,3)19-8-7-11-12(19)6-5-10-9-17-14(16)18-13(10)11/h5-9H,4H2,1-3H3,(H2,16,17,18). The molecule has 0 aliphatic heterocycles. The second-order valence-corrected chi connectivity index (χ2v) is 5.52. The van der Waals surface area contributed by atoms with Gasteiger partial charge in [0.15, 0.2) is 0 Å². The molecule has 0 saturated heterocycles. The predicted octanol–water partition coefficient (Wildman–Crippen LogP) is 3.31. The topological polar surface area (TPSA) is 56.7 Å². The van der Waals surface area contributed by atoms with Gasteiger partial charge in [-0.2, -0.15) is 0 Å². The van der Waals surface area contributed by atoms with Crippen molar-refractivity contribution in [2.24, 2.45) is 0 Å². The zero-order chi connectivity index (χ0) is 13.6. The van der Waals surface area contributed by atoms with Gasteiger partial charge in [-0.1, -0.05) is 6.92 Å². The molecule has 2 aromatic heterocycles. The van der Waals surface area contributed by atoms with Crippen LogP contribution in [0.5, 0.6) is 0 Å². The third-order valence-electron chi connectivity index (χ3n) is 3.95. The van der Waals surface area contributed by atoms with E-state index in [4.69, 9.17) is 5.73 Å². The van der Waals surface area contributed by atoms with E-state index in [1.807, 2.05) is 0 Å². The summed E-state index contributed by atoms with van der Waals surface area (Å²) in [4.78, 5) is 8.42. The van der Waals surface area contributed by atoms with Gasteiger partial charge in [0.25, 0.3) is 0 Å². The van der Waals surface area contributed by atoms with Crippen LogP contribution in [0.2, 0.25) is 0 Å². The van der Waals surface area contributed by atoms with Gasteiger partial charge in [-0.05, 0) is 38.5 Å². The molecule has 0 saturated carbocycles. The van der Waals surface area contributed by atoms with Crippen molar-refractivity contribution < 1.29 is 0 Å². The lowest BCUT2D eigenvalue weighted by molar-refractivity contribution is 0.354. The Kier molecular flexibility index (Phi) is 2.49. The zero-order valence-corrected chi connectivity index (χ0v) is 11.5.